The highest BCUT2D eigenvalue weighted by atomic mass is 35.5. The van der Waals surface area contributed by atoms with Crippen LogP contribution in [0.1, 0.15) is 76.8 Å². The fourth-order valence-corrected chi connectivity index (χ4v) is 1.96. The maximum atomic E-state index is 5.73. The van der Waals surface area contributed by atoms with Crippen LogP contribution in [0.25, 0.3) is 0 Å². The maximum absolute atomic E-state index is 5.73. The van der Waals surface area contributed by atoms with E-state index < -0.39 is 0 Å². The van der Waals surface area contributed by atoms with Gasteiger partial charge in [-0.15, -0.1) is 11.6 Å². The van der Waals surface area contributed by atoms with E-state index >= 15 is 0 Å². The van der Waals surface area contributed by atoms with Gasteiger partial charge in [-0.3, -0.25) is 0 Å². The van der Waals surface area contributed by atoms with Crippen molar-refractivity contribution in [1.82, 2.24) is 5.32 Å². The Kier molecular flexibility index (Phi) is 10.9. The first-order chi connectivity index (χ1) is 9.42. The van der Waals surface area contributed by atoms with Crippen LogP contribution in [-0.2, 0) is 0 Å². The highest BCUT2D eigenvalue weighted by Crippen LogP contribution is 2.20. The summed E-state index contributed by atoms with van der Waals surface area (Å²) in [6, 6.07) is 8.88. The lowest BCUT2D eigenvalue weighted by atomic mass is 9.96. The zero-order valence-corrected chi connectivity index (χ0v) is 14.8. The number of hydrogen-bond donors (Lipinski definition) is 1. The average Bonchev–Trinajstić information content (AvgIpc) is 2.45. The van der Waals surface area contributed by atoms with Crippen LogP contribution in [0, 0.1) is 0 Å². The number of unbranched alkanes of at least 4 members (excludes halogenated alkanes) is 1. The van der Waals surface area contributed by atoms with Crippen molar-refractivity contribution in [1.29, 1.82) is 0 Å². The Labute approximate surface area is 131 Å². The van der Waals surface area contributed by atoms with Gasteiger partial charge in [0.15, 0.2) is 0 Å². The molecule has 2 heteroatoms. The van der Waals surface area contributed by atoms with E-state index in [4.69, 9.17) is 11.6 Å². The molecule has 0 radical (unpaired) electrons. The largest absolute Gasteiger partial charge is 0.304 e. The van der Waals surface area contributed by atoms with Gasteiger partial charge in [0.2, 0.25) is 0 Å². The molecule has 0 aliphatic carbocycles. The highest BCUT2D eigenvalue weighted by Gasteiger charge is 2.02. The molecule has 0 spiro atoms. The number of halogens is 1. The second kappa shape index (κ2) is 11.2. The molecule has 0 aliphatic heterocycles. The van der Waals surface area contributed by atoms with Crippen LogP contribution >= 0.6 is 11.6 Å². The molecule has 0 saturated heterocycles. The molecular weight excluding hydrogens is 266 g/mol. The molecule has 0 amide bonds. The highest BCUT2D eigenvalue weighted by molar-refractivity contribution is 6.20. The minimum atomic E-state index is 0.176. The predicted molar refractivity (Wildman–Crippen MR) is 92.8 cm³/mol. The summed E-state index contributed by atoms with van der Waals surface area (Å²) in [5.41, 5.74) is 3.07. The third-order valence-electron chi connectivity index (χ3n) is 3.37. The number of benzene rings is 1. The summed E-state index contributed by atoms with van der Waals surface area (Å²) in [7, 11) is 1.88. The summed E-state index contributed by atoms with van der Waals surface area (Å²) in [5, 5.41) is 2.97. The van der Waals surface area contributed by atoms with Crippen molar-refractivity contribution in [2.24, 2.45) is 0 Å². The molecule has 1 aromatic rings. The summed E-state index contributed by atoms with van der Waals surface area (Å²) >= 11 is 5.73. The normalized spacial score (nSPS) is 12.2. The first-order valence-corrected chi connectivity index (χ1v) is 8.27. The molecule has 0 saturated carbocycles. The third-order valence-corrected chi connectivity index (χ3v) is 3.80. The number of rotatable bonds is 6. The minimum Gasteiger partial charge on any atom is -0.304 e. The van der Waals surface area contributed by atoms with Gasteiger partial charge in [0.25, 0.3) is 0 Å². The summed E-state index contributed by atoms with van der Waals surface area (Å²) in [6.45, 7) is 11.1. The van der Waals surface area contributed by atoms with E-state index in [1.807, 2.05) is 7.05 Å². The molecule has 20 heavy (non-hydrogen) atoms. The Morgan fingerprint density at radius 1 is 1.05 bits per heavy atom. The topological polar surface area (TPSA) is 12.0 Å². The SMILES string of the molecule is CC(C)c1cccc(C(C)C)c1.CCCCC(Cl)NC. The molecule has 116 valence electrons. The second-order valence-electron chi connectivity index (χ2n) is 5.88. The Morgan fingerprint density at radius 2 is 1.55 bits per heavy atom. The Bertz CT molecular complexity index is 324. The second-order valence-corrected chi connectivity index (χ2v) is 6.40. The molecule has 0 bridgehead atoms. The summed E-state index contributed by atoms with van der Waals surface area (Å²) in [4.78, 5) is 0. The zero-order valence-electron chi connectivity index (χ0n) is 14.0. The van der Waals surface area contributed by atoms with Crippen molar-refractivity contribution < 1.29 is 0 Å². The maximum Gasteiger partial charge on any atom is 0.0823 e. The van der Waals surface area contributed by atoms with Crippen molar-refractivity contribution in [3.63, 3.8) is 0 Å². The Hall–Kier alpha value is -0.530. The van der Waals surface area contributed by atoms with Crippen molar-refractivity contribution >= 4 is 11.6 Å². The van der Waals surface area contributed by atoms with Gasteiger partial charge in [-0.25, -0.2) is 0 Å². The molecule has 1 N–H and O–H groups in total. The van der Waals surface area contributed by atoms with E-state index in [0.717, 1.165) is 6.42 Å². The fraction of sp³-hybridized carbons (Fsp3) is 0.667. The molecule has 1 rings (SSSR count). The van der Waals surface area contributed by atoms with E-state index in [1.165, 1.54) is 24.0 Å². The van der Waals surface area contributed by atoms with Gasteiger partial charge < -0.3 is 5.32 Å². The van der Waals surface area contributed by atoms with Gasteiger partial charge in [0, 0.05) is 0 Å². The lowest BCUT2D eigenvalue weighted by Gasteiger charge is -2.09. The van der Waals surface area contributed by atoms with Gasteiger partial charge in [-0.2, -0.15) is 0 Å². The molecule has 0 aromatic heterocycles. The Balaban J connectivity index is 0.000000396. The van der Waals surface area contributed by atoms with Gasteiger partial charge in [-0.05, 0) is 36.4 Å². The monoisotopic (exact) mass is 297 g/mol. The first kappa shape index (κ1) is 19.5. The Morgan fingerprint density at radius 3 is 1.90 bits per heavy atom. The molecule has 0 aliphatic rings. The van der Waals surface area contributed by atoms with Gasteiger partial charge >= 0.3 is 0 Å². The van der Waals surface area contributed by atoms with E-state index in [9.17, 15) is 0 Å². The molecule has 0 heterocycles. The van der Waals surface area contributed by atoms with Crippen LogP contribution < -0.4 is 5.32 Å². The van der Waals surface area contributed by atoms with Crippen LogP contribution in [0.4, 0.5) is 0 Å². The third kappa shape index (κ3) is 8.60. The van der Waals surface area contributed by atoms with E-state index in [-0.39, 0.29) is 5.50 Å². The minimum absolute atomic E-state index is 0.176. The van der Waals surface area contributed by atoms with E-state index in [2.05, 4.69) is 64.2 Å². The molecule has 1 atom stereocenters. The smallest absolute Gasteiger partial charge is 0.0823 e. The van der Waals surface area contributed by atoms with Crippen molar-refractivity contribution in [3.8, 4) is 0 Å². The lowest BCUT2D eigenvalue weighted by Crippen LogP contribution is -2.17. The predicted octanol–water partition coefficient (Wildman–Crippen LogP) is 5.89. The summed E-state index contributed by atoms with van der Waals surface area (Å²) < 4.78 is 0. The van der Waals surface area contributed by atoms with E-state index in [1.54, 1.807) is 0 Å². The fourth-order valence-electron chi connectivity index (χ4n) is 1.80. The zero-order chi connectivity index (χ0) is 15.5. The summed E-state index contributed by atoms with van der Waals surface area (Å²) in [6.07, 6.45) is 3.52. The quantitative estimate of drug-likeness (QED) is 0.509. The van der Waals surface area contributed by atoms with Crippen LogP contribution in [0.5, 0.6) is 0 Å². The molecule has 0 fully saturated rings. The first-order valence-electron chi connectivity index (χ1n) is 7.83. The molecule has 1 nitrogen and oxygen atoms in total. The average molecular weight is 298 g/mol. The van der Waals surface area contributed by atoms with Crippen molar-refractivity contribution in [2.45, 2.75) is 71.2 Å². The number of alkyl halides is 1. The van der Waals surface area contributed by atoms with Gasteiger partial charge in [-0.1, -0.05) is 71.7 Å². The van der Waals surface area contributed by atoms with Crippen molar-refractivity contribution in [3.05, 3.63) is 35.4 Å². The number of hydrogen-bond acceptors (Lipinski definition) is 1. The standard InChI is InChI=1S/C12H18.C6H14ClN/c1-9(2)11-6-5-7-12(8-11)10(3)4;1-3-4-5-6(7)8-2/h5-10H,1-4H3;6,8H,3-5H2,1-2H3. The number of nitrogens with one attached hydrogen (secondary N) is 1. The van der Waals surface area contributed by atoms with Crippen LogP contribution in [0.2, 0.25) is 0 Å². The van der Waals surface area contributed by atoms with Crippen LogP contribution in [0.3, 0.4) is 0 Å². The van der Waals surface area contributed by atoms with E-state index in [0.29, 0.717) is 11.8 Å². The summed E-state index contributed by atoms with van der Waals surface area (Å²) in [5.74, 6) is 1.28. The van der Waals surface area contributed by atoms with Crippen LogP contribution in [-0.4, -0.2) is 12.5 Å². The molecular formula is C18H32ClN. The van der Waals surface area contributed by atoms with Crippen molar-refractivity contribution in [2.75, 3.05) is 7.05 Å². The van der Waals surface area contributed by atoms with Crippen LogP contribution in [0.15, 0.2) is 24.3 Å². The lowest BCUT2D eigenvalue weighted by molar-refractivity contribution is 0.622. The van der Waals surface area contributed by atoms with Gasteiger partial charge in [0.1, 0.15) is 0 Å². The van der Waals surface area contributed by atoms with Gasteiger partial charge in [0.05, 0.1) is 5.50 Å². The molecule has 1 aromatic carbocycles. The molecule has 1 unspecified atom stereocenters.